The van der Waals surface area contributed by atoms with Crippen molar-refractivity contribution < 1.29 is 14.3 Å². The number of anilines is 1. The summed E-state index contributed by atoms with van der Waals surface area (Å²) in [5.74, 6) is -0.0723. The molecule has 2 aliphatic rings. The van der Waals surface area contributed by atoms with E-state index in [4.69, 9.17) is 4.74 Å². The number of amides is 2. The van der Waals surface area contributed by atoms with E-state index < -0.39 is 0 Å². The largest absolute Gasteiger partial charge is 0.378 e. The molecule has 1 aliphatic heterocycles. The molecular weight excluding hydrogens is 366 g/mol. The highest BCUT2D eigenvalue weighted by Crippen LogP contribution is 2.20. The first-order valence-corrected chi connectivity index (χ1v) is 9.64. The van der Waals surface area contributed by atoms with Crippen LogP contribution in [0.1, 0.15) is 54.4 Å². The van der Waals surface area contributed by atoms with E-state index in [9.17, 15) is 9.59 Å². The van der Waals surface area contributed by atoms with Crippen molar-refractivity contribution in [3.8, 4) is 0 Å². The van der Waals surface area contributed by atoms with Crippen LogP contribution >= 0.6 is 12.4 Å². The fourth-order valence-corrected chi connectivity index (χ4v) is 3.64. The van der Waals surface area contributed by atoms with E-state index in [1.54, 1.807) is 6.07 Å². The van der Waals surface area contributed by atoms with E-state index in [-0.39, 0.29) is 30.3 Å². The summed E-state index contributed by atoms with van der Waals surface area (Å²) in [6.07, 6.45) is 6.16. The lowest BCUT2D eigenvalue weighted by Gasteiger charge is -2.23. The number of morpholine rings is 1. The average Bonchev–Trinajstić information content (AvgIpc) is 2.65. The summed E-state index contributed by atoms with van der Waals surface area (Å²) in [5.41, 5.74) is 2.29. The van der Waals surface area contributed by atoms with Gasteiger partial charge in [-0.2, -0.15) is 0 Å². The number of halogens is 1. The second-order valence-corrected chi connectivity index (χ2v) is 7.32. The summed E-state index contributed by atoms with van der Waals surface area (Å²) >= 11 is 0. The number of hydrogen-bond acceptors (Lipinski definition) is 4. The van der Waals surface area contributed by atoms with Crippen molar-refractivity contribution in [2.75, 3.05) is 25.1 Å². The van der Waals surface area contributed by atoms with Gasteiger partial charge in [-0.3, -0.25) is 9.59 Å². The summed E-state index contributed by atoms with van der Waals surface area (Å²) < 4.78 is 5.37. The topological polar surface area (TPSA) is 79.5 Å². The fraction of sp³-hybridized carbons (Fsp3) is 0.600. The Balaban J connectivity index is 0.00000261. The van der Waals surface area contributed by atoms with Crippen LogP contribution in [0.5, 0.6) is 0 Å². The van der Waals surface area contributed by atoms with Gasteiger partial charge in [0.2, 0.25) is 5.91 Å². The number of carbonyl (C=O) groups excluding carboxylic acids is 2. The van der Waals surface area contributed by atoms with E-state index in [1.807, 2.05) is 19.1 Å². The number of aryl methyl sites for hydroxylation is 1. The van der Waals surface area contributed by atoms with Gasteiger partial charge in [0.15, 0.2) is 0 Å². The van der Waals surface area contributed by atoms with Gasteiger partial charge in [0.1, 0.15) is 0 Å². The molecule has 3 rings (SSSR count). The molecule has 1 aromatic rings. The van der Waals surface area contributed by atoms with E-state index in [1.165, 1.54) is 19.3 Å². The van der Waals surface area contributed by atoms with E-state index in [0.29, 0.717) is 31.2 Å². The highest BCUT2D eigenvalue weighted by atomic mass is 35.5. The smallest absolute Gasteiger partial charge is 0.251 e. The third-order valence-corrected chi connectivity index (χ3v) is 5.13. The molecule has 0 radical (unpaired) electrons. The van der Waals surface area contributed by atoms with Crippen LogP contribution in [0, 0.1) is 6.92 Å². The highest BCUT2D eigenvalue weighted by molar-refractivity contribution is 5.96. The number of hydrogen-bond donors (Lipinski definition) is 3. The van der Waals surface area contributed by atoms with Gasteiger partial charge in [0.05, 0.1) is 13.2 Å². The zero-order chi connectivity index (χ0) is 18.4. The van der Waals surface area contributed by atoms with Crippen molar-refractivity contribution in [1.29, 1.82) is 0 Å². The Labute approximate surface area is 167 Å². The highest BCUT2D eigenvalue weighted by Gasteiger charge is 2.19. The first-order chi connectivity index (χ1) is 12.6. The summed E-state index contributed by atoms with van der Waals surface area (Å²) in [5, 5.41) is 9.34. The second-order valence-electron chi connectivity index (χ2n) is 7.32. The Bertz CT molecular complexity index is 641. The predicted molar refractivity (Wildman–Crippen MR) is 109 cm³/mol. The number of nitrogens with one attached hydrogen (secondary N) is 3. The number of carbonyl (C=O) groups is 2. The molecule has 0 aromatic heterocycles. The van der Waals surface area contributed by atoms with Crippen molar-refractivity contribution >= 4 is 29.9 Å². The minimum atomic E-state index is -0.0458. The van der Waals surface area contributed by atoms with Crippen LogP contribution in [0.2, 0.25) is 0 Å². The fourth-order valence-electron chi connectivity index (χ4n) is 3.64. The van der Waals surface area contributed by atoms with Crippen LogP contribution in [0.15, 0.2) is 18.2 Å². The molecule has 1 aromatic carbocycles. The van der Waals surface area contributed by atoms with Crippen LogP contribution in [-0.4, -0.2) is 43.7 Å². The third kappa shape index (κ3) is 6.48. The van der Waals surface area contributed by atoms with Gasteiger partial charge in [0.25, 0.3) is 5.91 Å². The standard InChI is InChI=1S/C20H29N3O3.ClH/c1-14-11-15(20(25)22-16-5-3-2-4-6-16)7-8-18(14)23-19(24)12-17-13-26-10-9-21-17;/h7-8,11,16-17,21H,2-6,9-10,12-13H2,1H3,(H,22,25)(H,23,24);1H. The lowest BCUT2D eigenvalue weighted by Crippen LogP contribution is -2.43. The molecular formula is C20H30ClN3O3. The maximum absolute atomic E-state index is 12.4. The molecule has 1 saturated carbocycles. The van der Waals surface area contributed by atoms with Crippen molar-refractivity contribution in [2.24, 2.45) is 0 Å². The van der Waals surface area contributed by atoms with Crippen molar-refractivity contribution in [2.45, 2.75) is 57.5 Å². The molecule has 6 nitrogen and oxygen atoms in total. The van der Waals surface area contributed by atoms with Crippen molar-refractivity contribution in [1.82, 2.24) is 10.6 Å². The van der Waals surface area contributed by atoms with Crippen LogP contribution in [0.3, 0.4) is 0 Å². The van der Waals surface area contributed by atoms with E-state index in [0.717, 1.165) is 30.6 Å². The molecule has 7 heteroatoms. The van der Waals surface area contributed by atoms with Gasteiger partial charge >= 0.3 is 0 Å². The zero-order valence-corrected chi connectivity index (χ0v) is 16.7. The van der Waals surface area contributed by atoms with Gasteiger partial charge < -0.3 is 20.7 Å². The van der Waals surface area contributed by atoms with E-state index in [2.05, 4.69) is 16.0 Å². The van der Waals surface area contributed by atoms with Crippen LogP contribution < -0.4 is 16.0 Å². The summed E-state index contributed by atoms with van der Waals surface area (Å²) in [6.45, 7) is 3.95. The minimum absolute atomic E-state index is 0. The molecule has 2 fully saturated rings. The molecule has 1 heterocycles. The molecule has 0 spiro atoms. The second kappa shape index (κ2) is 10.6. The Morgan fingerprint density at radius 3 is 2.67 bits per heavy atom. The van der Waals surface area contributed by atoms with Gasteiger partial charge in [-0.1, -0.05) is 19.3 Å². The van der Waals surface area contributed by atoms with Gasteiger partial charge in [0, 0.05) is 36.3 Å². The lowest BCUT2D eigenvalue weighted by molar-refractivity contribution is -0.117. The predicted octanol–water partition coefficient (Wildman–Crippen LogP) is 2.80. The molecule has 1 aliphatic carbocycles. The van der Waals surface area contributed by atoms with Gasteiger partial charge in [-0.15, -0.1) is 12.4 Å². The summed E-state index contributed by atoms with van der Waals surface area (Å²) in [7, 11) is 0. The molecule has 27 heavy (non-hydrogen) atoms. The molecule has 1 saturated heterocycles. The Hall–Kier alpha value is -1.63. The monoisotopic (exact) mass is 395 g/mol. The molecule has 0 bridgehead atoms. The molecule has 3 N–H and O–H groups in total. The third-order valence-electron chi connectivity index (χ3n) is 5.13. The summed E-state index contributed by atoms with van der Waals surface area (Å²) in [4.78, 5) is 24.7. The Kier molecular flexibility index (Phi) is 8.54. The number of ether oxygens (including phenoxy) is 1. The first kappa shape index (κ1) is 21.7. The van der Waals surface area contributed by atoms with Crippen LogP contribution in [-0.2, 0) is 9.53 Å². The van der Waals surface area contributed by atoms with E-state index >= 15 is 0 Å². The zero-order valence-electron chi connectivity index (χ0n) is 15.9. The lowest BCUT2D eigenvalue weighted by atomic mass is 9.95. The van der Waals surface area contributed by atoms with Gasteiger partial charge in [-0.25, -0.2) is 0 Å². The SMILES string of the molecule is Cc1cc(C(=O)NC2CCCCC2)ccc1NC(=O)CC1COCCN1.Cl. The summed E-state index contributed by atoms with van der Waals surface area (Å²) in [6, 6.07) is 5.79. The quantitative estimate of drug-likeness (QED) is 0.716. The first-order valence-electron chi connectivity index (χ1n) is 9.64. The normalized spacial score (nSPS) is 20.4. The van der Waals surface area contributed by atoms with Crippen molar-refractivity contribution in [3.05, 3.63) is 29.3 Å². The Morgan fingerprint density at radius 1 is 1.22 bits per heavy atom. The molecule has 2 amide bonds. The number of rotatable bonds is 5. The minimum Gasteiger partial charge on any atom is -0.378 e. The van der Waals surface area contributed by atoms with Gasteiger partial charge in [-0.05, 0) is 43.5 Å². The average molecular weight is 396 g/mol. The number of benzene rings is 1. The Morgan fingerprint density at radius 2 is 2.00 bits per heavy atom. The molecule has 150 valence electrons. The van der Waals surface area contributed by atoms with Crippen molar-refractivity contribution in [3.63, 3.8) is 0 Å². The molecule has 1 atom stereocenters. The maximum atomic E-state index is 12.4. The van der Waals surface area contributed by atoms with Crippen LogP contribution in [0.4, 0.5) is 5.69 Å². The molecule has 1 unspecified atom stereocenters. The maximum Gasteiger partial charge on any atom is 0.251 e. The van der Waals surface area contributed by atoms with Crippen LogP contribution in [0.25, 0.3) is 0 Å².